The second-order valence-corrected chi connectivity index (χ2v) is 5.17. The van der Waals surface area contributed by atoms with Gasteiger partial charge in [-0.25, -0.2) is 0 Å². The molecule has 0 saturated heterocycles. The third-order valence-electron chi connectivity index (χ3n) is 3.18. The number of aromatic hydroxyl groups is 1. The fourth-order valence-electron chi connectivity index (χ4n) is 2.37. The van der Waals surface area contributed by atoms with Gasteiger partial charge in [0, 0.05) is 11.8 Å². The molecule has 0 aliphatic heterocycles. The fraction of sp³-hybridized carbons (Fsp3) is 0.235. The number of phenols is 1. The normalized spacial score (nSPS) is 13.6. The molecule has 0 spiro atoms. The highest BCUT2D eigenvalue weighted by atomic mass is 16.3. The second kappa shape index (κ2) is 5.47. The van der Waals surface area contributed by atoms with Crippen molar-refractivity contribution in [1.82, 2.24) is 4.98 Å². The molecule has 2 N–H and O–H groups in total. The smallest absolute Gasteiger partial charge is 0.154 e. The van der Waals surface area contributed by atoms with Crippen molar-refractivity contribution >= 4 is 0 Å². The van der Waals surface area contributed by atoms with Crippen LogP contribution in [0.25, 0.3) is 0 Å². The van der Waals surface area contributed by atoms with Crippen LogP contribution in [0.3, 0.4) is 0 Å². The molecule has 1 unspecified atom stereocenters. The van der Waals surface area contributed by atoms with Crippen LogP contribution in [-0.4, -0.2) is 15.2 Å². The summed E-state index contributed by atoms with van der Waals surface area (Å²) in [5.74, 6) is 0.0533. The first-order chi connectivity index (χ1) is 9.45. The van der Waals surface area contributed by atoms with E-state index in [1.54, 1.807) is 36.5 Å². The summed E-state index contributed by atoms with van der Waals surface area (Å²) in [6, 6.07) is 10.5. The first-order valence-electron chi connectivity index (χ1n) is 6.54. The lowest BCUT2D eigenvalue weighted by Gasteiger charge is -2.27. The van der Waals surface area contributed by atoms with Gasteiger partial charge in [-0.3, -0.25) is 4.98 Å². The van der Waals surface area contributed by atoms with Crippen LogP contribution < -0.4 is 0 Å². The monoisotopic (exact) mass is 269 g/mol. The van der Waals surface area contributed by atoms with Crippen molar-refractivity contribution in [2.75, 3.05) is 0 Å². The Morgan fingerprint density at radius 3 is 2.45 bits per heavy atom. The van der Waals surface area contributed by atoms with Gasteiger partial charge in [0.25, 0.3) is 0 Å². The molecule has 0 saturated carbocycles. The van der Waals surface area contributed by atoms with Gasteiger partial charge in [0.2, 0.25) is 0 Å². The van der Waals surface area contributed by atoms with E-state index in [-0.39, 0.29) is 5.75 Å². The maximum atomic E-state index is 11.2. The van der Waals surface area contributed by atoms with Crippen molar-refractivity contribution in [3.8, 4) is 5.75 Å². The summed E-state index contributed by atoms with van der Waals surface area (Å²) >= 11 is 0. The van der Waals surface area contributed by atoms with Crippen LogP contribution in [-0.2, 0) is 5.60 Å². The number of hydrogen-bond acceptors (Lipinski definition) is 3. The van der Waals surface area contributed by atoms with Gasteiger partial charge in [0.1, 0.15) is 5.75 Å². The third kappa shape index (κ3) is 2.58. The molecular weight excluding hydrogens is 250 g/mol. The van der Waals surface area contributed by atoms with Crippen molar-refractivity contribution in [2.45, 2.75) is 26.4 Å². The minimum absolute atomic E-state index is 0.0533. The Balaban J connectivity index is 2.74. The molecule has 2 aromatic rings. The molecule has 0 radical (unpaired) electrons. The molecular formula is C17H19NO2. The largest absolute Gasteiger partial charge is 0.508 e. The average molecular weight is 269 g/mol. The number of aryl methyl sites for hydroxylation is 1. The number of hydrogen-bond donors (Lipinski definition) is 2. The Morgan fingerprint density at radius 2 is 1.85 bits per heavy atom. The van der Waals surface area contributed by atoms with E-state index in [9.17, 15) is 10.2 Å². The SMILES string of the molecule is CC(C)=CC(O)(c1ccccc1O)c1ncccc1C. The zero-order valence-corrected chi connectivity index (χ0v) is 12.0. The highest BCUT2D eigenvalue weighted by Gasteiger charge is 2.34. The predicted molar refractivity (Wildman–Crippen MR) is 79.5 cm³/mol. The van der Waals surface area contributed by atoms with Gasteiger partial charge >= 0.3 is 0 Å². The van der Waals surface area contributed by atoms with Crippen molar-refractivity contribution < 1.29 is 10.2 Å². The number of aliphatic hydroxyl groups is 1. The van der Waals surface area contributed by atoms with E-state index < -0.39 is 5.60 Å². The first-order valence-corrected chi connectivity index (χ1v) is 6.54. The van der Waals surface area contributed by atoms with Crippen LogP contribution in [0.5, 0.6) is 5.75 Å². The molecule has 0 aliphatic carbocycles. The topological polar surface area (TPSA) is 53.4 Å². The average Bonchev–Trinajstić information content (AvgIpc) is 2.38. The molecule has 0 aliphatic rings. The fourth-order valence-corrected chi connectivity index (χ4v) is 2.37. The van der Waals surface area contributed by atoms with E-state index >= 15 is 0 Å². The second-order valence-electron chi connectivity index (χ2n) is 5.17. The molecule has 1 aromatic heterocycles. The van der Waals surface area contributed by atoms with Crippen LogP contribution in [0, 0.1) is 6.92 Å². The maximum absolute atomic E-state index is 11.2. The molecule has 1 heterocycles. The number of aromatic nitrogens is 1. The van der Waals surface area contributed by atoms with Crippen LogP contribution in [0.4, 0.5) is 0 Å². The lowest BCUT2D eigenvalue weighted by Crippen LogP contribution is -2.27. The van der Waals surface area contributed by atoms with Gasteiger partial charge in [-0.1, -0.05) is 29.8 Å². The van der Waals surface area contributed by atoms with E-state index in [4.69, 9.17) is 0 Å². The summed E-state index contributed by atoms with van der Waals surface area (Å²) in [6.07, 6.45) is 3.36. The standard InChI is InChI=1S/C17H19NO2/c1-12(2)11-17(20,14-8-4-5-9-15(14)19)16-13(3)7-6-10-18-16/h4-11,19-20H,1-3H3. The lowest BCUT2D eigenvalue weighted by molar-refractivity contribution is 0.124. The van der Waals surface area contributed by atoms with Gasteiger partial charge < -0.3 is 10.2 Å². The number of rotatable bonds is 3. The summed E-state index contributed by atoms with van der Waals surface area (Å²) in [6.45, 7) is 5.71. The zero-order valence-electron chi connectivity index (χ0n) is 12.0. The van der Waals surface area contributed by atoms with E-state index in [0.717, 1.165) is 11.1 Å². The van der Waals surface area contributed by atoms with E-state index in [1.807, 2.05) is 32.9 Å². The van der Waals surface area contributed by atoms with Crippen LogP contribution in [0.2, 0.25) is 0 Å². The molecule has 2 rings (SSSR count). The quantitative estimate of drug-likeness (QED) is 0.841. The van der Waals surface area contributed by atoms with Gasteiger partial charge in [-0.05, 0) is 44.5 Å². The summed E-state index contributed by atoms with van der Waals surface area (Å²) in [7, 11) is 0. The zero-order chi connectivity index (χ0) is 14.8. The first kappa shape index (κ1) is 14.3. The van der Waals surface area contributed by atoms with Gasteiger partial charge in [-0.15, -0.1) is 0 Å². The summed E-state index contributed by atoms with van der Waals surface area (Å²) in [4.78, 5) is 4.32. The maximum Gasteiger partial charge on any atom is 0.154 e. The van der Waals surface area contributed by atoms with Gasteiger partial charge in [-0.2, -0.15) is 0 Å². The molecule has 3 nitrogen and oxygen atoms in total. The summed E-state index contributed by atoms with van der Waals surface area (Å²) in [5, 5.41) is 21.3. The Morgan fingerprint density at radius 1 is 1.15 bits per heavy atom. The highest BCUT2D eigenvalue weighted by Crippen LogP contribution is 2.37. The Kier molecular flexibility index (Phi) is 3.91. The third-order valence-corrected chi connectivity index (χ3v) is 3.18. The minimum Gasteiger partial charge on any atom is -0.508 e. The number of benzene rings is 1. The van der Waals surface area contributed by atoms with E-state index in [2.05, 4.69) is 4.98 Å². The number of phenolic OH excluding ortho intramolecular Hbond substituents is 1. The number of allylic oxidation sites excluding steroid dienone is 1. The lowest BCUT2D eigenvalue weighted by atomic mass is 9.85. The number of para-hydroxylation sites is 1. The molecule has 20 heavy (non-hydrogen) atoms. The molecule has 0 bridgehead atoms. The van der Waals surface area contributed by atoms with Gasteiger partial charge in [0.05, 0.1) is 5.69 Å². The minimum atomic E-state index is -1.44. The Labute approximate surface area is 119 Å². The molecule has 1 atom stereocenters. The van der Waals surface area contributed by atoms with Crippen LogP contribution in [0.15, 0.2) is 54.2 Å². The molecule has 0 fully saturated rings. The Hall–Kier alpha value is -2.13. The van der Waals surface area contributed by atoms with Crippen molar-refractivity contribution in [3.63, 3.8) is 0 Å². The Bertz CT molecular complexity index is 597. The summed E-state index contributed by atoms with van der Waals surface area (Å²) < 4.78 is 0. The molecule has 104 valence electrons. The van der Waals surface area contributed by atoms with Crippen LogP contribution in [0.1, 0.15) is 30.7 Å². The summed E-state index contributed by atoms with van der Waals surface area (Å²) in [5.41, 5.74) is 1.34. The highest BCUT2D eigenvalue weighted by molar-refractivity contribution is 5.47. The molecule has 3 heteroatoms. The van der Waals surface area contributed by atoms with Gasteiger partial charge in [0.15, 0.2) is 5.60 Å². The van der Waals surface area contributed by atoms with Crippen LogP contribution >= 0.6 is 0 Å². The number of nitrogens with zero attached hydrogens (tertiary/aromatic N) is 1. The number of pyridine rings is 1. The molecule has 1 aromatic carbocycles. The predicted octanol–water partition coefficient (Wildman–Crippen LogP) is 3.30. The van der Waals surface area contributed by atoms with Crippen molar-refractivity contribution in [3.05, 3.63) is 71.1 Å². The van der Waals surface area contributed by atoms with Crippen molar-refractivity contribution in [2.24, 2.45) is 0 Å². The molecule has 0 amide bonds. The van der Waals surface area contributed by atoms with E-state index in [1.165, 1.54) is 0 Å². The van der Waals surface area contributed by atoms with Crippen molar-refractivity contribution in [1.29, 1.82) is 0 Å². The van der Waals surface area contributed by atoms with E-state index in [0.29, 0.717) is 11.3 Å².